The highest BCUT2D eigenvalue weighted by Gasteiger charge is 2.39. The smallest absolute Gasteiger partial charge is 0.255 e. The van der Waals surface area contributed by atoms with Gasteiger partial charge < -0.3 is 9.64 Å². The fourth-order valence-corrected chi connectivity index (χ4v) is 3.78. The maximum Gasteiger partial charge on any atom is 0.255 e. The van der Waals surface area contributed by atoms with Crippen LogP contribution in [0.25, 0.3) is 11.3 Å². The number of benzene rings is 1. The molecule has 1 aromatic carbocycles. The number of fused-ring (bicyclic) bond motifs is 1. The number of hydrogen-bond acceptors (Lipinski definition) is 5. The van der Waals surface area contributed by atoms with Crippen LogP contribution >= 0.6 is 0 Å². The molecule has 1 N–H and O–H groups in total. The quantitative estimate of drug-likeness (QED) is 0.823. The second-order valence-corrected chi connectivity index (χ2v) is 7.01. The van der Waals surface area contributed by atoms with Crippen LogP contribution in [0.15, 0.2) is 30.5 Å². The third kappa shape index (κ3) is 3.02. The van der Waals surface area contributed by atoms with Crippen LogP contribution in [0.2, 0.25) is 0 Å². The summed E-state index contributed by atoms with van der Waals surface area (Å²) < 4.78 is 5.77. The molecule has 1 saturated heterocycles. The highest BCUT2D eigenvalue weighted by molar-refractivity contribution is 6.05. The standard InChI is InChI=1S/C21H21N3O4/c1-3-28-19-12(2)8-9-22-18(19)13-4-5-14-11-24(21(27)15(14)10-13)16-6-7-17(25)23-20(16)26/h4-5,8-10,16H,3,6-7,11H2,1-2H3,(H,23,25,26). The van der Waals surface area contributed by atoms with Crippen LogP contribution in [-0.2, 0) is 16.1 Å². The van der Waals surface area contributed by atoms with Crippen LogP contribution in [0, 0.1) is 6.92 Å². The summed E-state index contributed by atoms with van der Waals surface area (Å²) in [6.45, 7) is 4.76. The zero-order valence-electron chi connectivity index (χ0n) is 15.8. The van der Waals surface area contributed by atoms with Crippen molar-refractivity contribution in [1.29, 1.82) is 0 Å². The number of rotatable bonds is 4. The van der Waals surface area contributed by atoms with Gasteiger partial charge in [-0.1, -0.05) is 12.1 Å². The second-order valence-electron chi connectivity index (χ2n) is 7.01. The van der Waals surface area contributed by atoms with Gasteiger partial charge in [0.25, 0.3) is 5.91 Å². The molecule has 0 aliphatic carbocycles. The Morgan fingerprint density at radius 2 is 2.07 bits per heavy atom. The molecule has 3 amide bonds. The van der Waals surface area contributed by atoms with Crippen molar-refractivity contribution in [2.75, 3.05) is 6.61 Å². The summed E-state index contributed by atoms with van der Waals surface area (Å²) in [5, 5.41) is 2.32. The van der Waals surface area contributed by atoms with Crippen molar-refractivity contribution in [2.24, 2.45) is 0 Å². The van der Waals surface area contributed by atoms with Gasteiger partial charge in [0.2, 0.25) is 11.8 Å². The van der Waals surface area contributed by atoms with E-state index in [2.05, 4.69) is 10.3 Å². The van der Waals surface area contributed by atoms with Crippen molar-refractivity contribution < 1.29 is 19.1 Å². The number of piperidine rings is 1. The number of amides is 3. The van der Waals surface area contributed by atoms with Crippen molar-refractivity contribution in [3.63, 3.8) is 0 Å². The molecule has 0 bridgehead atoms. The Hall–Kier alpha value is -3.22. The number of aromatic nitrogens is 1. The molecule has 0 spiro atoms. The van der Waals surface area contributed by atoms with Gasteiger partial charge in [0.1, 0.15) is 17.5 Å². The third-order valence-electron chi connectivity index (χ3n) is 5.19. The molecule has 0 saturated carbocycles. The Kier molecular flexibility index (Phi) is 4.58. The Morgan fingerprint density at radius 1 is 1.25 bits per heavy atom. The minimum atomic E-state index is -0.614. The molecule has 3 heterocycles. The number of carbonyl (C=O) groups excluding carboxylic acids is 3. The summed E-state index contributed by atoms with van der Waals surface area (Å²) in [7, 11) is 0. The van der Waals surface area contributed by atoms with Crippen molar-refractivity contribution in [3.8, 4) is 17.0 Å². The van der Waals surface area contributed by atoms with E-state index in [-0.39, 0.29) is 18.2 Å². The molecule has 144 valence electrons. The fraction of sp³-hybridized carbons (Fsp3) is 0.333. The first-order valence-corrected chi connectivity index (χ1v) is 9.36. The predicted octanol–water partition coefficient (Wildman–Crippen LogP) is 2.22. The maximum absolute atomic E-state index is 13.0. The highest BCUT2D eigenvalue weighted by Crippen LogP contribution is 2.35. The van der Waals surface area contributed by atoms with Gasteiger partial charge >= 0.3 is 0 Å². The van der Waals surface area contributed by atoms with E-state index >= 15 is 0 Å². The first-order chi connectivity index (χ1) is 13.5. The average molecular weight is 379 g/mol. The summed E-state index contributed by atoms with van der Waals surface area (Å²) in [6.07, 6.45) is 2.32. The van der Waals surface area contributed by atoms with Gasteiger partial charge in [-0.15, -0.1) is 0 Å². The van der Waals surface area contributed by atoms with E-state index in [0.717, 1.165) is 16.7 Å². The maximum atomic E-state index is 13.0. The molecule has 28 heavy (non-hydrogen) atoms. The lowest BCUT2D eigenvalue weighted by molar-refractivity contribution is -0.136. The molecule has 7 heteroatoms. The lowest BCUT2D eigenvalue weighted by Gasteiger charge is -2.29. The zero-order valence-corrected chi connectivity index (χ0v) is 15.8. The van der Waals surface area contributed by atoms with Crippen LogP contribution in [0.5, 0.6) is 5.75 Å². The van der Waals surface area contributed by atoms with Crippen LogP contribution < -0.4 is 10.1 Å². The molecule has 1 aromatic heterocycles. The molecular weight excluding hydrogens is 358 g/mol. The fourth-order valence-electron chi connectivity index (χ4n) is 3.78. The summed E-state index contributed by atoms with van der Waals surface area (Å²) in [4.78, 5) is 42.6. The van der Waals surface area contributed by atoms with E-state index in [1.165, 1.54) is 0 Å². The molecule has 7 nitrogen and oxygen atoms in total. The van der Waals surface area contributed by atoms with E-state index in [4.69, 9.17) is 4.74 Å². The molecule has 1 fully saturated rings. The summed E-state index contributed by atoms with van der Waals surface area (Å²) in [6, 6.07) is 6.90. The zero-order chi connectivity index (χ0) is 19.8. The summed E-state index contributed by atoms with van der Waals surface area (Å²) in [5.41, 5.74) is 3.89. The molecule has 2 aromatic rings. The van der Waals surface area contributed by atoms with Crippen LogP contribution in [-0.4, -0.2) is 40.3 Å². The molecule has 0 radical (unpaired) electrons. The number of pyridine rings is 1. The molecule has 1 unspecified atom stereocenters. The second kappa shape index (κ2) is 7.07. The number of nitrogens with zero attached hydrogens (tertiary/aromatic N) is 2. The van der Waals surface area contributed by atoms with Gasteiger partial charge in [-0.2, -0.15) is 0 Å². The number of hydrogen-bond donors (Lipinski definition) is 1. The minimum Gasteiger partial charge on any atom is -0.491 e. The Balaban J connectivity index is 1.67. The third-order valence-corrected chi connectivity index (χ3v) is 5.19. The molecule has 2 aliphatic rings. The molecular formula is C21H21N3O4. The van der Waals surface area contributed by atoms with Gasteiger partial charge in [0, 0.05) is 30.3 Å². The van der Waals surface area contributed by atoms with Crippen molar-refractivity contribution in [2.45, 2.75) is 39.3 Å². The van der Waals surface area contributed by atoms with Gasteiger partial charge in [0.05, 0.1) is 6.61 Å². The minimum absolute atomic E-state index is 0.197. The SMILES string of the molecule is CCOc1c(C)ccnc1-c1ccc2c(c1)C(=O)N(C1CCC(=O)NC1=O)C2. The Bertz CT molecular complexity index is 986. The normalized spacial score (nSPS) is 18.9. The lowest BCUT2D eigenvalue weighted by atomic mass is 10.0. The first-order valence-electron chi connectivity index (χ1n) is 9.36. The van der Waals surface area contributed by atoms with Crippen LogP contribution in [0.1, 0.15) is 41.3 Å². The number of ether oxygens (including phenoxy) is 1. The molecule has 1 atom stereocenters. The number of carbonyl (C=O) groups is 3. The lowest BCUT2D eigenvalue weighted by Crippen LogP contribution is -2.52. The van der Waals surface area contributed by atoms with Gasteiger partial charge in [-0.05, 0) is 43.5 Å². The Labute approximate surface area is 162 Å². The first kappa shape index (κ1) is 18.2. The molecule has 4 rings (SSSR count). The monoisotopic (exact) mass is 379 g/mol. The van der Waals surface area contributed by atoms with Gasteiger partial charge in [-0.25, -0.2) is 0 Å². The summed E-state index contributed by atoms with van der Waals surface area (Å²) >= 11 is 0. The van der Waals surface area contributed by atoms with E-state index in [1.807, 2.05) is 38.1 Å². The predicted molar refractivity (Wildman–Crippen MR) is 102 cm³/mol. The Morgan fingerprint density at radius 3 is 2.82 bits per heavy atom. The topological polar surface area (TPSA) is 88.6 Å². The van der Waals surface area contributed by atoms with Crippen molar-refractivity contribution in [3.05, 3.63) is 47.2 Å². The number of aryl methyl sites for hydroxylation is 1. The number of nitrogens with one attached hydrogen (secondary N) is 1. The number of imide groups is 1. The largest absolute Gasteiger partial charge is 0.491 e. The van der Waals surface area contributed by atoms with Crippen LogP contribution in [0.4, 0.5) is 0 Å². The highest BCUT2D eigenvalue weighted by atomic mass is 16.5. The van der Waals surface area contributed by atoms with Crippen molar-refractivity contribution in [1.82, 2.24) is 15.2 Å². The van der Waals surface area contributed by atoms with Gasteiger partial charge in [0.15, 0.2) is 0 Å². The molecule has 2 aliphatic heterocycles. The van der Waals surface area contributed by atoms with Gasteiger partial charge in [-0.3, -0.25) is 24.7 Å². The van der Waals surface area contributed by atoms with E-state index < -0.39 is 11.9 Å². The average Bonchev–Trinajstić information content (AvgIpc) is 2.99. The van der Waals surface area contributed by atoms with E-state index in [0.29, 0.717) is 36.6 Å². The summed E-state index contributed by atoms with van der Waals surface area (Å²) in [5.74, 6) is -0.187. The van der Waals surface area contributed by atoms with Crippen LogP contribution in [0.3, 0.4) is 0 Å². The van der Waals surface area contributed by atoms with E-state index in [9.17, 15) is 14.4 Å². The van der Waals surface area contributed by atoms with E-state index in [1.54, 1.807) is 11.1 Å². The van der Waals surface area contributed by atoms with Crippen molar-refractivity contribution >= 4 is 17.7 Å².